The van der Waals surface area contributed by atoms with Gasteiger partial charge in [0.05, 0.1) is 11.6 Å². The lowest BCUT2D eigenvalue weighted by atomic mass is 10.1. The van der Waals surface area contributed by atoms with Crippen molar-refractivity contribution in [1.82, 2.24) is 0 Å². The second-order valence-electron chi connectivity index (χ2n) is 4.70. The third kappa shape index (κ3) is 3.76. The summed E-state index contributed by atoms with van der Waals surface area (Å²) < 4.78 is 6.14. The fraction of sp³-hybridized carbons (Fsp3) is 0.188. The van der Waals surface area contributed by atoms with Gasteiger partial charge in [-0.3, -0.25) is 4.79 Å². The van der Waals surface area contributed by atoms with Crippen molar-refractivity contribution in [3.8, 4) is 5.75 Å². The van der Waals surface area contributed by atoms with E-state index < -0.39 is 5.91 Å². The molecule has 110 valence electrons. The zero-order valence-corrected chi connectivity index (χ0v) is 13.5. The maximum atomic E-state index is 11.0. The van der Waals surface area contributed by atoms with E-state index in [1.165, 1.54) is 0 Å². The molecule has 1 atom stereocenters. The van der Waals surface area contributed by atoms with E-state index in [1.807, 2.05) is 30.3 Å². The van der Waals surface area contributed by atoms with Gasteiger partial charge in [-0.1, -0.05) is 6.07 Å². The first kappa shape index (κ1) is 15.4. The van der Waals surface area contributed by atoms with Gasteiger partial charge >= 0.3 is 0 Å². The molecule has 0 fully saturated rings. The molecule has 21 heavy (non-hydrogen) atoms. The molecule has 0 aromatic heterocycles. The molecule has 0 bridgehead atoms. The van der Waals surface area contributed by atoms with Crippen molar-refractivity contribution in [2.45, 2.75) is 13.0 Å². The van der Waals surface area contributed by atoms with Crippen molar-refractivity contribution in [1.29, 1.82) is 0 Å². The van der Waals surface area contributed by atoms with Crippen molar-refractivity contribution in [2.24, 2.45) is 5.73 Å². The molecular formula is C16H17BrN2O2. The summed E-state index contributed by atoms with van der Waals surface area (Å²) in [5.74, 6) is 0.380. The van der Waals surface area contributed by atoms with Crippen LogP contribution >= 0.6 is 15.9 Å². The number of nitrogens with one attached hydrogen (secondary N) is 1. The number of methoxy groups -OCH3 is 1. The van der Waals surface area contributed by atoms with Gasteiger partial charge in [0, 0.05) is 17.3 Å². The maximum absolute atomic E-state index is 11.0. The van der Waals surface area contributed by atoms with Crippen LogP contribution < -0.4 is 15.8 Å². The second-order valence-corrected chi connectivity index (χ2v) is 5.56. The van der Waals surface area contributed by atoms with E-state index in [0.717, 1.165) is 21.5 Å². The molecule has 2 aromatic carbocycles. The summed E-state index contributed by atoms with van der Waals surface area (Å²) in [6, 6.07) is 13.2. The van der Waals surface area contributed by atoms with Gasteiger partial charge in [-0.25, -0.2) is 0 Å². The van der Waals surface area contributed by atoms with Crippen LogP contribution in [-0.4, -0.2) is 13.0 Å². The number of hydrogen-bond donors (Lipinski definition) is 2. The van der Waals surface area contributed by atoms with E-state index in [2.05, 4.69) is 28.2 Å². The first-order valence-corrected chi connectivity index (χ1v) is 7.30. The highest BCUT2D eigenvalue weighted by Gasteiger charge is 2.09. The van der Waals surface area contributed by atoms with Crippen LogP contribution in [0.5, 0.6) is 5.75 Å². The molecule has 0 saturated carbocycles. The maximum Gasteiger partial charge on any atom is 0.248 e. The van der Waals surface area contributed by atoms with Gasteiger partial charge < -0.3 is 15.8 Å². The summed E-state index contributed by atoms with van der Waals surface area (Å²) in [7, 11) is 1.64. The predicted molar refractivity (Wildman–Crippen MR) is 87.7 cm³/mol. The number of halogens is 1. The van der Waals surface area contributed by atoms with E-state index in [4.69, 9.17) is 10.5 Å². The van der Waals surface area contributed by atoms with E-state index in [0.29, 0.717) is 5.56 Å². The fourth-order valence-electron chi connectivity index (χ4n) is 2.02. The number of benzene rings is 2. The molecule has 0 aliphatic rings. The number of amides is 1. The lowest BCUT2D eigenvalue weighted by Crippen LogP contribution is -2.11. The number of carbonyl (C=O) groups excluding carboxylic acids is 1. The minimum Gasteiger partial charge on any atom is -0.496 e. The monoisotopic (exact) mass is 348 g/mol. The lowest BCUT2D eigenvalue weighted by Gasteiger charge is -2.17. The molecule has 3 N–H and O–H groups in total. The molecule has 0 radical (unpaired) electrons. The number of hydrogen-bond acceptors (Lipinski definition) is 3. The zero-order chi connectivity index (χ0) is 15.4. The van der Waals surface area contributed by atoms with Gasteiger partial charge in [0.25, 0.3) is 0 Å². The van der Waals surface area contributed by atoms with E-state index in [-0.39, 0.29) is 6.04 Å². The minimum atomic E-state index is -0.423. The topological polar surface area (TPSA) is 64.3 Å². The van der Waals surface area contributed by atoms with Gasteiger partial charge in [-0.05, 0) is 64.8 Å². The number of primary amides is 1. The molecule has 2 rings (SSSR count). The molecule has 1 amide bonds. The third-order valence-corrected chi connectivity index (χ3v) is 3.85. The number of carbonyl (C=O) groups is 1. The summed E-state index contributed by atoms with van der Waals surface area (Å²) in [4.78, 5) is 11.0. The summed E-state index contributed by atoms with van der Waals surface area (Å²) in [6.07, 6.45) is 0. The first-order valence-electron chi connectivity index (χ1n) is 6.51. The van der Waals surface area contributed by atoms with Crippen molar-refractivity contribution < 1.29 is 9.53 Å². The van der Waals surface area contributed by atoms with Crippen LogP contribution in [0.4, 0.5) is 5.69 Å². The van der Waals surface area contributed by atoms with E-state index in [9.17, 15) is 4.79 Å². The van der Waals surface area contributed by atoms with Crippen LogP contribution in [0, 0.1) is 0 Å². The molecule has 2 aromatic rings. The number of rotatable bonds is 5. The minimum absolute atomic E-state index is 0.117. The van der Waals surface area contributed by atoms with Gasteiger partial charge in [-0.2, -0.15) is 0 Å². The Labute approximate surface area is 132 Å². The summed E-state index contributed by atoms with van der Waals surface area (Å²) in [5, 5.41) is 3.38. The quantitative estimate of drug-likeness (QED) is 0.865. The Morgan fingerprint density at radius 2 is 1.90 bits per heavy atom. The summed E-state index contributed by atoms with van der Waals surface area (Å²) in [6.45, 7) is 2.07. The highest BCUT2D eigenvalue weighted by atomic mass is 79.9. The van der Waals surface area contributed by atoms with Gasteiger partial charge in [0.2, 0.25) is 5.91 Å². The summed E-state index contributed by atoms with van der Waals surface area (Å²) in [5.41, 5.74) is 7.78. The van der Waals surface area contributed by atoms with Crippen molar-refractivity contribution in [3.05, 3.63) is 58.1 Å². The number of anilines is 1. The second kappa shape index (κ2) is 6.63. The highest BCUT2D eigenvalue weighted by Crippen LogP contribution is 2.29. The van der Waals surface area contributed by atoms with Crippen molar-refractivity contribution in [2.75, 3.05) is 12.4 Å². The smallest absolute Gasteiger partial charge is 0.248 e. The molecule has 5 heteroatoms. The predicted octanol–water partition coefficient (Wildman–Crippen LogP) is 3.73. The molecule has 0 aliphatic carbocycles. The van der Waals surface area contributed by atoms with Gasteiger partial charge in [0.15, 0.2) is 0 Å². The van der Waals surface area contributed by atoms with Crippen molar-refractivity contribution >= 4 is 27.5 Å². The normalized spacial score (nSPS) is 11.8. The Bertz CT molecular complexity index is 641. The first-order chi connectivity index (χ1) is 10.0. The average Bonchev–Trinajstić information content (AvgIpc) is 2.47. The molecule has 4 nitrogen and oxygen atoms in total. The Kier molecular flexibility index (Phi) is 4.85. The van der Waals surface area contributed by atoms with Crippen LogP contribution in [-0.2, 0) is 0 Å². The Morgan fingerprint density at radius 3 is 2.43 bits per heavy atom. The van der Waals surface area contributed by atoms with Crippen LogP contribution in [0.1, 0.15) is 28.9 Å². The van der Waals surface area contributed by atoms with E-state index in [1.54, 1.807) is 19.2 Å². The van der Waals surface area contributed by atoms with Gasteiger partial charge in [0.1, 0.15) is 5.75 Å². The average molecular weight is 349 g/mol. The zero-order valence-electron chi connectivity index (χ0n) is 11.9. The lowest BCUT2D eigenvalue weighted by molar-refractivity contribution is 0.100. The highest BCUT2D eigenvalue weighted by molar-refractivity contribution is 9.10. The fourth-order valence-corrected chi connectivity index (χ4v) is 2.57. The standard InChI is InChI=1S/C16H17BrN2O2/c1-10(12-5-8-15(21-2)14(17)9-12)19-13-6-3-11(4-7-13)16(18)20/h3-10,19H,1-2H3,(H2,18,20). The molecule has 0 aliphatic heterocycles. The molecule has 1 unspecified atom stereocenters. The Hall–Kier alpha value is -2.01. The van der Waals surface area contributed by atoms with Gasteiger partial charge in [-0.15, -0.1) is 0 Å². The SMILES string of the molecule is COc1ccc(C(C)Nc2ccc(C(N)=O)cc2)cc1Br. The largest absolute Gasteiger partial charge is 0.496 e. The van der Waals surface area contributed by atoms with Crippen LogP contribution in [0.15, 0.2) is 46.9 Å². The Balaban J connectivity index is 2.12. The molecule has 0 saturated heterocycles. The van der Waals surface area contributed by atoms with Crippen LogP contribution in [0.2, 0.25) is 0 Å². The van der Waals surface area contributed by atoms with Crippen LogP contribution in [0.25, 0.3) is 0 Å². The van der Waals surface area contributed by atoms with Crippen molar-refractivity contribution in [3.63, 3.8) is 0 Å². The number of ether oxygens (including phenoxy) is 1. The molecule has 0 heterocycles. The van der Waals surface area contributed by atoms with Crippen LogP contribution in [0.3, 0.4) is 0 Å². The van der Waals surface area contributed by atoms with E-state index >= 15 is 0 Å². The molecule has 0 spiro atoms. The summed E-state index contributed by atoms with van der Waals surface area (Å²) >= 11 is 3.48. The number of nitrogens with two attached hydrogens (primary N) is 1. The third-order valence-electron chi connectivity index (χ3n) is 3.23. The Morgan fingerprint density at radius 1 is 1.24 bits per heavy atom. The molecular weight excluding hydrogens is 332 g/mol.